The van der Waals surface area contributed by atoms with Crippen molar-refractivity contribution in [1.82, 2.24) is 14.7 Å². The van der Waals surface area contributed by atoms with Gasteiger partial charge in [-0.05, 0) is 36.4 Å². The van der Waals surface area contributed by atoms with Gasteiger partial charge in [0.1, 0.15) is 5.75 Å². The van der Waals surface area contributed by atoms with E-state index in [1.54, 1.807) is 18.6 Å². The second kappa shape index (κ2) is 7.14. The molecule has 0 saturated carbocycles. The number of methoxy groups -OCH3 is 2. The first-order valence-electron chi connectivity index (χ1n) is 7.63. The Morgan fingerprint density at radius 2 is 1.96 bits per heavy atom. The molecule has 0 aliphatic carbocycles. The number of hydrogen-bond acceptors (Lipinski definition) is 4. The van der Waals surface area contributed by atoms with Crippen molar-refractivity contribution in [3.05, 3.63) is 54.5 Å². The monoisotopic (exact) mass is 325 g/mol. The van der Waals surface area contributed by atoms with Crippen LogP contribution in [0.25, 0.3) is 16.8 Å². The summed E-state index contributed by atoms with van der Waals surface area (Å²) in [7, 11) is 3.22. The van der Waals surface area contributed by atoms with Crippen molar-refractivity contribution in [3.63, 3.8) is 0 Å². The first kappa shape index (κ1) is 16.0. The van der Waals surface area contributed by atoms with Crippen LogP contribution in [0.4, 0.5) is 0 Å². The van der Waals surface area contributed by atoms with Crippen LogP contribution in [0.2, 0.25) is 0 Å². The van der Waals surface area contributed by atoms with Gasteiger partial charge >= 0.3 is 0 Å². The van der Waals surface area contributed by atoms with E-state index in [-0.39, 0.29) is 5.91 Å². The quantitative estimate of drug-likeness (QED) is 0.707. The van der Waals surface area contributed by atoms with E-state index in [4.69, 9.17) is 9.47 Å². The fourth-order valence-electron chi connectivity index (χ4n) is 2.50. The number of fused-ring (bicyclic) bond motifs is 1. The fraction of sp³-hybridized carbons (Fsp3) is 0.222. The third-order valence-corrected chi connectivity index (χ3v) is 3.71. The summed E-state index contributed by atoms with van der Waals surface area (Å²) in [6, 6.07) is 13.4. The van der Waals surface area contributed by atoms with Gasteiger partial charge in [-0.15, -0.1) is 0 Å². The predicted molar refractivity (Wildman–Crippen MR) is 91.4 cm³/mol. The second-order valence-corrected chi connectivity index (χ2v) is 5.22. The molecule has 3 aromatic rings. The maximum atomic E-state index is 12.4. The zero-order chi connectivity index (χ0) is 16.9. The number of hydrogen-bond donors (Lipinski definition) is 1. The molecule has 1 amide bonds. The Kier molecular flexibility index (Phi) is 4.77. The highest BCUT2D eigenvalue weighted by Gasteiger charge is 2.17. The Balaban J connectivity index is 2.01. The van der Waals surface area contributed by atoms with Crippen LogP contribution in [-0.2, 0) is 4.74 Å². The van der Waals surface area contributed by atoms with E-state index in [0.717, 1.165) is 22.5 Å². The summed E-state index contributed by atoms with van der Waals surface area (Å²) in [5, 5.41) is 2.81. The van der Waals surface area contributed by atoms with Crippen LogP contribution in [-0.4, -0.2) is 42.7 Å². The minimum atomic E-state index is -0.229. The van der Waals surface area contributed by atoms with Gasteiger partial charge in [-0.3, -0.25) is 9.20 Å². The number of amides is 1. The molecule has 2 heterocycles. The van der Waals surface area contributed by atoms with Gasteiger partial charge in [0.25, 0.3) is 5.91 Å². The fourth-order valence-corrected chi connectivity index (χ4v) is 2.50. The number of imidazole rings is 1. The Hall–Kier alpha value is -2.86. The largest absolute Gasteiger partial charge is 0.497 e. The molecule has 0 spiro atoms. The van der Waals surface area contributed by atoms with Crippen LogP contribution < -0.4 is 10.1 Å². The smallest absolute Gasteiger partial charge is 0.287 e. The molecular formula is C18H19N3O3. The van der Waals surface area contributed by atoms with Gasteiger partial charge in [0.15, 0.2) is 0 Å². The van der Waals surface area contributed by atoms with Crippen LogP contribution in [0.5, 0.6) is 5.75 Å². The minimum absolute atomic E-state index is 0.229. The molecule has 6 heteroatoms. The van der Waals surface area contributed by atoms with Crippen molar-refractivity contribution < 1.29 is 14.3 Å². The predicted octanol–water partition coefficient (Wildman–Crippen LogP) is 2.39. The van der Waals surface area contributed by atoms with Crippen molar-refractivity contribution in [1.29, 1.82) is 0 Å². The second-order valence-electron chi connectivity index (χ2n) is 5.22. The topological polar surface area (TPSA) is 64.9 Å². The van der Waals surface area contributed by atoms with E-state index in [0.29, 0.717) is 19.0 Å². The lowest BCUT2D eigenvalue weighted by atomic mass is 10.1. The highest BCUT2D eigenvalue weighted by atomic mass is 16.5. The Morgan fingerprint density at radius 1 is 1.17 bits per heavy atom. The average molecular weight is 325 g/mol. The highest BCUT2D eigenvalue weighted by molar-refractivity contribution is 5.94. The molecule has 24 heavy (non-hydrogen) atoms. The molecule has 0 bridgehead atoms. The van der Waals surface area contributed by atoms with Gasteiger partial charge in [-0.2, -0.15) is 0 Å². The normalized spacial score (nSPS) is 10.8. The molecular weight excluding hydrogens is 306 g/mol. The lowest BCUT2D eigenvalue weighted by molar-refractivity contribution is 0.0926. The van der Waals surface area contributed by atoms with Gasteiger partial charge in [-0.25, -0.2) is 4.98 Å². The minimum Gasteiger partial charge on any atom is -0.497 e. The maximum absolute atomic E-state index is 12.4. The van der Waals surface area contributed by atoms with Crippen molar-refractivity contribution >= 4 is 11.4 Å². The molecule has 0 radical (unpaired) electrons. The van der Waals surface area contributed by atoms with E-state index >= 15 is 0 Å². The number of carbonyl (C=O) groups excluding carboxylic acids is 1. The summed E-state index contributed by atoms with van der Waals surface area (Å²) in [6.45, 7) is 0.898. The van der Waals surface area contributed by atoms with Crippen LogP contribution >= 0.6 is 0 Å². The number of nitrogens with one attached hydrogen (secondary N) is 1. The summed E-state index contributed by atoms with van der Waals surface area (Å²) in [4.78, 5) is 17.0. The SMILES string of the molecule is COCCNC(=O)c1nc(-c2ccc(OC)cc2)c2ccccn12. The molecule has 0 aliphatic heterocycles. The molecule has 0 aliphatic rings. The van der Waals surface area contributed by atoms with Gasteiger partial charge in [0, 0.05) is 25.4 Å². The highest BCUT2D eigenvalue weighted by Crippen LogP contribution is 2.26. The van der Waals surface area contributed by atoms with Gasteiger partial charge in [0.2, 0.25) is 5.82 Å². The molecule has 0 saturated heterocycles. The van der Waals surface area contributed by atoms with Crippen LogP contribution in [0.1, 0.15) is 10.6 Å². The van der Waals surface area contributed by atoms with E-state index in [2.05, 4.69) is 10.3 Å². The number of carbonyl (C=O) groups is 1. The number of benzene rings is 1. The van der Waals surface area contributed by atoms with Gasteiger partial charge < -0.3 is 14.8 Å². The Labute approximate surface area is 140 Å². The lowest BCUT2D eigenvalue weighted by Gasteiger charge is -2.03. The van der Waals surface area contributed by atoms with Gasteiger partial charge in [0.05, 0.1) is 24.9 Å². The van der Waals surface area contributed by atoms with Crippen molar-refractivity contribution in [2.45, 2.75) is 0 Å². The summed E-state index contributed by atoms with van der Waals surface area (Å²) < 4.78 is 11.9. The van der Waals surface area contributed by atoms with E-state index in [9.17, 15) is 4.79 Å². The van der Waals surface area contributed by atoms with Crippen molar-refractivity contribution in [2.24, 2.45) is 0 Å². The van der Waals surface area contributed by atoms with E-state index in [1.165, 1.54) is 0 Å². The standard InChI is InChI=1S/C18H19N3O3/c1-23-12-10-19-18(22)17-20-16(15-5-3-4-11-21(15)17)13-6-8-14(24-2)9-7-13/h3-9,11H,10,12H2,1-2H3,(H,19,22). The summed E-state index contributed by atoms with van der Waals surface area (Å²) >= 11 is 0. The molecule has 0 unspecified atom stereocenters. The number of pyridine rings is 1. The zero-order valence-electron chi connectivity index (χ0n) is 13.7. The first-order valence-corrected chi connectivity index (χ1v) is 7.63. The molecule has 1 aromatic carbocycles. The van der Waals surface area contributed by atoms with Crippen LogP contribution in [0.15, 0.2) is 48.7 Å². The molecule has 6 nitrogen and oxygen atoms in total. The third kappa shape index (κ3) is 3.09. The Bertz CT molecular complexity index is 840. The summed E-state index contributed by atoms with van der Waals surface area (Å²) in [5.74, 6) is 0.903. The summed E-state index contributed by atoms with van der Waals surface area (Å²) in [5.41, 5.74) is 2.56. The number of ether oxygens (including phenoxy) is 2. The van der Waals surface area contributed by atoms with Crippen LogP contribution in [0.3, 0.4) is 0 Å². The molecule has 3 rings (SSSR count). The molecule has 1 N–H and O–H groups in total. The van der Waals surface area contributed by atoms with E-state index < -0.39 is 0 Å². The average Bonchev–Trinajstić information content (AvgIpc) is 3.02. The molecule has 0 atom stereocenters. The van der Waals surface area contributed by atoms with E-state index in [1.807, 2.05) is 48.7 Å². The molecule has 124 valence electrons. The van der Waals surface area contributed by atoms with Crippen molar-refractivity contribution in [2.75, 3.05) is 27.4 Å². The Morgan fingerprint density at radius 3 is 2.67 bits per heavy atom. The zero-order valence-corrected chi connectivity index (χ0v) is 13.7. The number of aromatic nitrogens is 2. The molecule has 2 aromatic heterocycles. The number of nitrogens with zero attached hydrogens (tertiary/aromatic N) is 2. The third-order valence-electron chi connectivity index (χ3n) is 3.71. The lowest BCUT2D eigenvalue weighted by Crippen LogP contribution is -2.28. The van der Waals surface area contributed by atoms with Gasteiger partial charge in [-0.1, -0.05) is 6.07 Å². The van der Waals surface area contributed by atoms with Crippen LogP contribution in [0, 0.1) is 0 Å². The first-order chi connectivity index (χ1) is 11.7. The molecule has 0 fully saturated rings. The number of rotatable bonds is 6. The van der Waals surface area contributed by atoms with Crippen molar-refractivity contribution in [3.8, 4) is 17.0 Å². The maximum Gasteiger partial charge on any atom is 0.287 e. The summed E-state index contributed by atoms with van der Waals surface area (Å²) in [6.07, 6.45) is 1.83.